The van der Waals surface area contributed by atoms with Gasteiger partial charge in [-0.1, -0.05) is 0 Å². The van der Waals surface area contributed by atoms with Gasteiger partial charge < -0.3 is 0 Å². The topological polar surface area (TPSA) is 51.6 Å². The minimum Gasteiger partial charge on any atom is -0.287 e. The van der Waals surface area contributed by atoms with Gasteiger partial charge in [0, 0.05) is 5.38 Å². The molecule has 0 fully saturated rings. The van der Waals surface area contributed by atoms with Gasteiger partial charge in [-0.05, 0) is 11.4 Å². The molecule has 0 aromatic carbocycles. The second-order valence-corrected chi connectivity index (χ2v) is 2.25. The zero-order chi connectivity index (χ0) is 5.98. The molecule has 1 heterocycles. The van der Waals surface area contributed by atoms with Gasteiger partial charge in [0.25, 0.3) is 5.84 Å². The van der Waals surface area contributed by atoms with Crippen LogP contribution < -0.4 is 11.1 Å². The maximum Gasteiger partial charge on any atom is 0.271 e. The average molecular weight is 127 g/mol. The summed E-state index contributed by atoms with van der Waals surface area (Å²) < 4.78 is 0. The van der Waals surface area contributed by atoms with Crippen LogP contribution in [0.2, 0.25) is 0 Å². The van der Waals surface area contributed by atoms with E-state index in [0.717, 1.165) is 5.56 Å². The Hall–Kier alpha value is -0.830. The average Bonchev–Trinajstić information content (AvgIpc) is 2.12. The summed E-state index contributed by atoms with van der Waals surface area (Å²) in [5.41, 5.74) is 6.19. The molecule has 1 aromatic rings. The molecular weight excluding hydrogens is 120 g/mol. The monoisotopic (exact) mass is 127 g/mol. The molecule has 3 heteroatoms. The van der Waals surface area contributed by atoms with Crippen molar-refractivity contribution in [2.24, 2.45) is 5.73 Å². The highest BCUT2D eigenvalue weighted by Gasteiger charge is 1.97. The number of nitrogens with two attached hydrogens (primary N) is 2. The fourth-order valence-electron chi connectivity index (χ4n) is 0.429. The molecule has 0 saturated carbocycles. The van der Waals surface area contributed by atoms with E-state index in [4.69, 9.17) is 11.1 Å². The van der Waals surface area contributed by atoms with Crippen molar-refractivity contribution in [1.82, 2.24) is 0 Å². The quantitative estimate of drug-likeness (QED) is 0.377. The molecule has 0 radical (unpaired) electrons. The van der Waals surface area contributed by atoms with Gasteiger partial charge in [-0.3, -0.25) is 11.1 Å². The minimum atomic E-state index is 0.395. The molecule has 2 nitrogen and oxygen atoms in total. The van der Waals surface area contributed by atoms with E-state index in [-0.39, 0.29) is 0 Å². The van der Waals surface area contributed by atoms with E-state index >= 15 is 0 Å². The zero-order valence-electron chi connectivity index (χ0n) is 4.29. The Morgan fingerprint density at radius 2 is 2.50 bits per heavy atom. The molecule has 0 atom stereocenters. The van der Waals surface area contributed by atoms with Crippen LogP contribution in [-0.4, -0.2) is 5.84 Å². The lowest BCUT2D eigenvalue weighted by Crippen LogP contribution is -2.45. The van der Waals surface area contributed by atoms with E-state index in [2.05, 4.69) is 0 Å². The molecule has 0 saturated heterocycles. The van der Waals surface area contributed by atoms with E-state index in [1.54, 1.807) is 11.3 Å². The number of hydrogen-bond acceptors (Lipinski definition) is 1. The van der Waals surface area contributed by atoms with Crippen molar-refractivity contribution in [2.75, 3.05) is 0 Å². The van der Waals surface area contributed by atoms with E-state index in [1.165, 1.54) is 0 Å². The first kappa shape index (κ1) is 5.31. The van der Waals surface area contributed by atoms with Crippen LogP contribution in [0.5, 0.6) is 0 Å². The summed E-state index contributed by atoms with van der Waals surface area (Å²) in [5, 5.41) is 9.11. The molecule has 1 aromatic heterocycles. The summed E-state index contributed by atoms with van der Waals surface area (Å²) in [6, 6.07) is 1.89. The van der Waals surface area contributed by atoms with Crippen molar-refractivity contribution in [2.45, 2.75) is 0 Å². The highest BCUT2D eigenvalue weighted by Crippen LogP contribution is 2.02. The molecule has 0 aliphatic rings. The standard InChI is InChI=1S/C5H6N2S/c6-5(7)4-1-2-8-3-4/h1-3H,(H3,6,7)/p+1. The van der Waals surface area contributed by atoms with E-state index < -0.39 is 0 Å². The summed E-state index contributed by atoms with van der Waals surface area (Å²) in [6.07, 6.45) is 0. The maximum absolute atomic E-state index is 5.26. The highest BCUT2D eigenvalue weighted by molar-refractivity contribution is 7.08. The van der Waals surface area contributed by atoms with Gasteiger partial charge in [0.05, 0.1) is 5.56 Å². The molecule has 1 rings (SSSR count). The second kappa shape index (κ2) is 1.96. The van der Waals surface area contributed by atoms with E-state index in [1.807, 2.05) is 16.8 Å². The molecular formula is C5H7N2S+. The van der Waals surface area contributed by atoms with Gasteiger partial charge in [0.1, 0.15) is 0 Å². The molecule has 0 aliphatic heterocycles. The highest BCUT2D eigenvalue weighted by atomic mass is 32.1. The van der Waals surface area contributed by atoms with Crippen molar-refractivity contribution in [3.8, 4) is 0 Å². The van der Waals surface area contributed by atoms with Gasteiger partial charge in [-0.15, -0.1) is 0 Å². The molecule has 8 heavy (non-hydrogen) atoms. The fourth-order valence-corrected chi connectivity index (χ4v) is 1.09. The first-order valence-corrected chi connectivity index (χ1v) is 3.15. The van der Waals surface area contributed by atoms with Crippen molar-refractivity contribution >= 4 is 17.2 Å². The predicted molar refractivity (Wildman–Crippen MR) is 34.5 cm³/mol. The molecule has 0 unspecified atom stereocenters. The Kier molecular flexibility index (Phi) is 1.30. The Bertz CT molecular complexity index is 178. The summed E-state index contributed by atoms with van der Waals surface area (Å²) in [4.78, 5) is 0. The van der Waals surface area contributed by atoms with E-state index in [0.29, 0.717) is 5.84 Å². The van der Waals surface area contributed by atoms with Crippen molar-refractivity contribution in [3.63, 3.8) is 0 Å². The summed E-state index contributed by atoms with van der Waals surface area (Å²) in [5.74, 6) is 0.395. The SMILES string of the molecule is NC(=[NH2+])c1ccsc1. The second-order valence-electron chi connectivity index (χ2n) is 1.47. The van der Waals surface area contributed by atoms with Crippen LogP contribution in [-0.2, 0) is 0 Å². The molecule has 0 bridgehead atoms. The third-order valence-corrected chi connectivity index (χ3v) is 1.54. The summed E-state index contributed by atoms with van der Waals surface area (Å²) in [6.45, 7) is 0. The lowest BCUT2D eigenvalue weighted by Gasteiger charge is -1.78. The lowest BCUT2D eigenvalue weighted by atomic mass is 10.3. The fraction of sp³-hybridized carbons (Fsp3) is 0. The Morgan fingerprint density at radius 1 is 1.75 bits per heavy atom. The molecule has 4 N–H and O–H groups in total. The first-order chi connectivity index (χ1) is 3.80. The van der Waals surface area contributed by atoms with Crippen LogP contribution in [0, 0.1) is 0 Å². The molecule has 0 aliphatic carbocycles. The van der Waals surface area contributed by atoms with Crippen molar-refractivity contribution in [3.05, 3.63) is 22.4 Å². The third-order valence-electron chi connectivity index (χ3n) is 0.855. The first-order valence-electron chi connectivity index (χ1n) is 2.21. The van der Waals surface area contributed by atoms with E-state index in [9.17, 15) is 0 Å². The summed E-state index contributed by atoms with van der Waals surface area (Å²) >= 11 is 1.59. The van der Waals surface area contributed by atoms with Crippen LogP contribution in [0.25, 0.3) is 0 Å². The maximum atomic E-state index is 5.26. The number of amidine groups is 1. The van der Waals surface area contributed by atoms with Crippen LogP contribution >= 0.6 is 11.3 Å². The minimum absolute atomic E-state index is 0.395. The van der Waals surface area contributed by atoms with Crippen molar-refractivity contribution < 1.29 is 5.41 Å². The van der Waals surface area contributed by atoms with Gasteiger partial charge >= 0.3 is 0 Å². The van der Waals surface area contributed by atoms with Crippen LogP contribution in [0.4, 0.5) is 0 Å². The molecule has 0 spiro atoms. The largest absolute Gasteiger partial charge is 0.287 e. The normalized spacial score (nSPS) is 9.00. The van der Waals surface area contributed by atoms with Crippen LogP contribution in [0.15, 0.2) is 16.8 Å². The predicted octanol–water partition coefficient (Wildman–Crippen LogP) is -0.787. The smallest absolute Gasteiger partial charge is 0.271 e. The van der Waals surface area contributed by atoms with Gasteiger partial charge in [0.15, 0.2) is 0 Å². The Labute approximate surface area is 51.5 Å². The van der Waals surface area contributed by atoms with Gasteiger partial charge in [-0.25, -0.2) is 0 Å². The summed E-state index contributed by atoms with van der Waals surface area (Å²) in [7, 11) is 0. The number of hydrogen-bond donors (Lipinski definition) is 2. The lowest BCUT2D eigenvalue weighted by molar-refractivity contribution is -0.114. The molecule has 0 amide bonds. The molecule has 42 valence electrons. The van der Waals surface area contributed by atoms with Gasteiger partial charge in [0.2, 0.25) is 0 Å². The van der Waals surface area contributed by atoms with Crippen molar-refractivity contribution in [1.29, 1.82) is 0 Å². The Balaban J connectivity index is 2.93. The van der Waals surface area contributed by atoms with Crippen LogP contribution in [0.1, 0.15) is 5.56 Å². The van der Waals surface area contributed by atoms with Crippen LogP contribution in [0.3, 0.4) is 0 Å². The zero-order valence-corrected chi connectivity index (χ0v) is 5.11. The number of thiophene rings is 1. The third kappa shape index (κ3) is 0.869. The Morgan fingerprint density at radius 3 is 2.75 bits per heavy atom. The van der Waals surface area contributed by atoms with Gasteiger partial charge in [-0.2, -0.15) is 11.3 Å². The number of rotatable bonds is 1.